The number of carbonyl (C=O) groups excluding carboxylic acids is 2. The molecule has 2 aromatic rings. The molecule has 1 aliphatic rings. The fraction of sp³-hybridized carbons (Fsp3) is 0.364. The van der Waals surface area contributed by atoms with E-state index in [0.29, 0.717) is 18.7 Å². The normalized spacial score (nSPS) is 16.6. The Kier molecular flexibility index (Phi) is 6.46. The summed E-state index contributed by atoms with van der Waals surface area (Å²) in [5.41, 5.74) is 1.59. The maximum atomic E-state index is 13.4. The molecule has 0 bridgehead atoms. The number of anilines is 1. The van der Waals surface area contributed by atoms with Gasteiger partial charge in [0, 0.05) is 42.4 Å². The maximum Gasteiger partial charge on any atom is 0.317 e. The summed E-state index contributed by atoms with van der Waals surface area (Å²) in [7, 11) is 0. The third-order valence-corrected chi connectivity index (χ3v) is 4.92. The summed E-state index contributed by atoms with van der Waals surface area (Å²) in [6, 6.07) is 10.4. The minimum atomic E-state index is -1.02. The molecule has 1 unspecified atom stereocenters. The first kappa shape index (κ1) is 20.8. The first-order valence-corrected chi connectivity index (χ1v) is 9.75. The third kappa shape index (κ3) is 5.31. The zero-order valence-electron chi connectivity index (χ0n) is 16.5. The van der Waals surface area contributed by atoms with Crippen LogP contribution >= 0.6 is 0 Å². The molecule has 1 fully saturated rings. The Morgan fingerprint density at radius 3 is 2.62 bits per heavy atom. The van der Waals surface area contributed by atoms with E-state index < -0.39 is 17.5 Å². The first-order valence-electron chi connectivity index (χ1n) is 9.75. The van der Waals surface area contributed by atoms with Crippen molar-refractivity contribution < 1.29 is 18.4 Å². The number of amides is 3. The van der Waals surface area contributed by atoms with E-state index >= 15 is 0 Å². The van der Waals surface area contributed by atoms with Gasteiger partial charge < -0.3 is 15.5 Å². The third-order valence-electron chi connectivity index (χ3n) is 4.92. The number of rotatable bonds is 4. The number of piperidine rings is 1. The summed E-state index contributed by atoms with van der Waals surface area (Å²) in [4.78, 5) is 26.7. The second-order valence-electron chi connectivity index (χ2n) is 7.60. The number of nitrogens with one attached hydrogen (secondary N) is 2. The molecule has 1 aliphatic heterocycles. The summed E-state index contributed by atoms with van der Waals surface area (Å²) in [5.74, 6) is -2.24. The zero-order valence-corrected chi connectivity index (χ0v) is 16.5. The van der Waals surface area contributed by atoms with E-state index in [1.54, 1.807) is 18.2 Å². The van der Waals surface area contributed by atoms with Crippen LogP contribution in [0.2, 0.25) is 0 Å². The Bertz CT molecular complexity index is 901. The molecule has 0 spiro atoms. The predicted octanol–water partition coefficient (Wildman–Crippen LogP) is 4.51. The Morgan fingerprint density at radius 1 is 1.10 bits per heavy atom. The maximum absolute atomic E-state index is 13.4. The molecule has 2 N–H and O–H groups in total. The van der Waals surface area contributed by atoms with E-state index in [4.69, 9.17) is 0 Å². The lowest BCUT2D eigenvalue weighted by Gasteiger charge is -2.33. The minimum Gasteiger partial charge on any atom is -0.336 e. The Morgan fingerprint density at radius 2 is 1.90 bits per heavy atom. The highest BCUT2D eigenvalue weighted by Crippen LogP contribution is 2.28. The van der Waals surface area contributed by atoms with Gasteiger partial charge in [-0.1, -0.05) is 12.1 Å². The van der Waals surface area contributed by atoms with Gasteiger partial charge in [0.2, 0.25) is 0 Å². The van der Waals surface area contributed by atoms with Gasteiger partial charge in [0.15, 0.2) is 11.6 Å². The number of likely N-dealkylation sites (tertiary alicyclic amines) is 1. The quantitative estimate of drug-likeness (QED) is 0.792. The number of halogens is 2. The van der Waals surface area contributed by atoms with Gasteiger partial charge in [-0.05, 0) is 56.5 Å². The molecule has 0 saturated carbocycles. The van der Waals surface area contributed by atoms with Crippen molar-refractivity contribution in [1.82, 2.24) is 10.2 Å². The van der Waals surface area contributed by atoms with Crippen molar-refractivity contribution in [3.8, 4) is 0 Å². The molecule has 1 heterocycles. The van der Waals surface area contributed by atoms with Crippen LogP contribution in [0.25, 0.3) is 0 Å². The molecule has 154 valence electrons. The van der Waals surface area contributed by atoms with Gasteiger partial charge >= 0.3 is 6.03 Å². The molecule has 0 aromatic heterocycles. The molecular weight excluding hydrogens is 376 g/mol. The van der Waals surface area contributed by atoms with Crippen LogP contribution in [0.4, 0.5) is 19.3 Å². The fourth-order valence-electron chi connectivity index (χ4n) is 3.48. The lowest BCUT2D eigenvalue weighted by atomic mass is 9.89. The van der Waals surface area contributed by atoms with Crippen LogP contribution in [0, 0.1) is 11.6 Å². The molecule has 5 nitrogen and oxygen atoms in total. The summed E-state index contributed by atoms with van der Waals surface area (Å²) in [5, 5.41) is 5.50. The number of hydrogen-bond acceptors (Lipinski definition) is 2. The van der Waals surface area contributed by atoms with Crippen molar-refractivity contribution in [3.63, 3.8) is 0 Å². The van der Waals surface area contributed by atoms with Crippen molar-refractivity contribution >= 4 is 17.6 Å². The van der Waals surface area contributed by atoms with Gasteiger partial charge in [-0.25, -0.2) is 13.6 Å². The van der Waals surface area contributed by atoms with Gasteiger partial charge in [0.05, 0.1) is 0 Å². The molecule has 2 aromatic carbocycles. The monoisotopic (exact) mass is 401 g/mol. The van der Waals surface area contributed by atoms with Gasteiger partial charge in [0.1, 0.15) is 0 Å². The largest absolute Gasteiger partial charge is 0.336 e. The number of benzene rings is 2. The van der Waals surface area contributed by atoms with Crippen molar-refractivity contribution in [3.05, 3.63) is 65.2 Å². The molecule has 7 heteroatoms. The SMILES string of the molecule is CC(C)NC(=O)N1CCCC(c2cccc(C(=O)Nc3ccc(F)c(F)c3)c2)C1. The number of hydrogen-bond donors (Lipinski definition) is 2. The van der Waals surface area contributed by atoms with Crippen molar-refractivity contribution in [1.29, 1.82) is 0 Å². The van der Waals surface area contributed by atoms with Crippen LogP contribution in [0.5, 0.6) is 0 Å². The standard InChI is InChI=1S/C22H25F2N3O2/c1-14(2)25-22(29)27-10-4-7-17(13-27)15-5-3-6-16(11-15)21(28)26-18-8-9-19(23)20(24)12-18/h3,5-6,8-9,11-12,14,17H,4,7,10,13H2,1-2H3,(H,25,29)(H,26,28). The second-order valence-corrected chi connectivity index (χ2v) is 7.60. The molecule has 0 aliphatic carbocycles. The highest BCUT2D eigenvalue weighted by atomic mass is 19.2. The van der Waals surface area contributed by atoms with Crippen LogP contribution in [-0.2, 0) is 0 Å². The van der Waals surface area contributed by atoms with E-state index in [2.05, 4.69) is 10.6 Å². The number of carbonyl (C=O) groups is 2. The fourth-order valence-corrected chi connectivity index (χ4v) is 3.48. The van der Waals surface area contributed by atoms with Crippen LogP contribution in [0.3, 0.4) is 0 Å². The van der Waals surface area contributed by atoms with Crippen LogP contribution in [0.1, 0.15) is 48.5 Å². The van der Waals surface area contributed by atoms with Crippen LogP contribution in [0.15, 0.2) is 42.5 Å². The first-order chi connectivity index (χ1) is 13.8. The van der Waals surface area contributed by atoms with Crippen molar-refractivity contribution in [2.45, 2.75) is 38.6 Å². The average molecular weight is 401 g/mol. The Labute approximate surface area is 169 Å². The van der Waals surface area contributed by atoms with Gasteiger partial charge in [0.25, 0.3) is 5.91 Å². The highest BCUT2D eigenvalue weighted by molar-refractivity contribution is 6.04. The topological polar surface area (TPSA) is 61.4 Å². The lowest BCUT2D eigenvalue weighted by molar-refractivity contribution is 0.102. The predicted molar refractivity (Wildman–Crippen MR) is 108 cm³/mol. The van der Waals surface area contributed by atoms with E-state index in [-0.39, 0.29) is 23.7 Å². The zero-order chi connectivity index (χ0) is 21.0. The number of nitrogens with zero attached hydrogens (tertiary/aromatic N) is 1. The van der Waals surface area contributed by atoms with Crippen LogP contribution < -0.4 is 10.6 Å². The van der Waals surface area contributed by atoms with E-state index in [1.807, 2.05) is 24.8 Å². The van der Waals surface area contributed by atoms with E-state index in [9.17, 15) is 18.4 Å². The molecular formula is C22H25F2N3O2. The molecule has 3 amide bonds. The summed E-state index contributed by atoms with van der Waals surface area (Å²) in [6.45, 7) is 5.15. The van der Waals surface area contributed by atoms with E-state index in [0.717, 1.165) is 30.5 Å². The molecule has 29 heavy (non-hydrogen) atoms. The molecule has 3 rings (SSSR count). The van der Waals surface area contributed by atoms with Gasteiger partial charge in [-0.2, -0.15) is 0 Å². The van der Waals surface area contributed by atoms with Crippen molar-refractivity contribution in [2.75, 3.05) is 18.4 Å². The summed E-state index contributed by atoms with van der Waals surface area (Å²) >= 11 is 0. The Hall–Kier alpha value is -2.96. The van der Waals surface area contributed by atoms with Crippen LogP contribution in [-0.4, -0.2) is 36.0 Å². The smallest absolute Gasteiger partial charge is 0.317 e. The van der Waals surface area contributed by atoms with Crippen molar-refractivity contribution in [2.24, 2.45) is 0 Å². The molecule has 0 radical (unpaired) electrons. The molecule has 1 atom stereocenters. The summed E-state index contributed by atoms with van der Waals surface area (Å²) < 4.78 is 26.4. The molecule has 1 saturated heterocycles. The van der Waals surface area contributed by atoms with Gasteiger partial charge in [-0.3, -0.25) is 4.79 Å². The average Bonchev–Trinajstić information content (AvgIpc) is 2.70. The van der Waals surface area contributed by atoms with E-state index in [1.165, 1.54) is 6.07 Å². The van der Waals surface area contributed by atoms with Gasteiger partial charge in [-0.15, -0.1) is 0 Å². The second kappa shape index (κ2) is 9.03. The number of urea groups is 1. The summed E-state index contributed by atoms with van der Waals surface area (Å²) in [6.07, 6.45) is 1.82. The lowest BCUT2D eigenvalue weighted by Crippen LogP contribution is -2.47. The minimum absolute atomic E-state index is 0.0723. The highest BCUT2D eigenvalue weighted by Gasteiger charge is 2.25. The Balaban J connectivity index is 1.70.